The van der Waals surface area contributed by atoms with Gasteiger partial charge in [0.1, 0.15) is 24.6 Å². The van der Waals surface area contributed by atoms with Gasteiger partial charge in [-0.1, -0.05) is 34.9 Å². The fraction of sp³-hybridized carbons (Fsp3) is 0.214. The van der Waals surface area contributed by atoms with Gasteiger partial charge in [0.15, 0.2) is 0 Å². The maximum atomic E-state index is 12.3. The molecule has 8 nitrogen and oxygen atoms in total. The van der Waals surface area contributed by atoms with Gasteiger partial charge in [0.2, 0.25) is 11.8 Å². The van der Waals surface area contributed by atoms with Crippen molar-refractivity contribution in [1.29, 1.82) is 0 Å². The van der Waals surface area contributed by atoms with E-state index >= 15 is 0 Å². The van der Waals surface area contributed by atoms with Gasteiger partial charge < -0.3 is 8.98 Å². The molecule has 0 aliphatic carbocycles. The van der Waals surface area contributed by atoms with Crippen molar-refractivity contribution >= 4 is 35.3 Å². The number of amides is 1. The molecule has 10 heteroatoms. The molecule has 24 heavy (non-hydrogen) atoms. The van der Waals surface area contributed by atoms with E-state index in [0.717, 1.165) is 5.56 Å². The standard InChI is InChI=1S/C14H11ClN6O2S/c15-10-4-2-1-3-9(10)13-21(12(22)6-24-13)14-19-18-11(23-14)5-20-7-16-17-8-20/h1-4,7-8,13H,5-6H2. The third-order valence-corrected chi connectivity index (χ3v) is 5.02. The molecule has 1 unspecified atom stereocenters. The lowest BCUT2D eigenvalue weighted by Crippen LogP contribution is -2.28. The van der Waals surface area contributed by atoms with Gasteiger partial charge in [-0.2, -0.15) is 0 Å². The van der Waals surface area contributed by atoms with Crippen LogP contribution in [0, 0.1) is 0 Å². The zero-order valence-electron chi connectivity index (χ0n) is 12.2. The van der Waals surface area contributed by atoms with Crippen LogP contribution in [0.15, 0.2) is 41.3 Å². The molecule has 0 spiro atoms. The van der Waals surface area contributed by atoms with Crippen LogP contribution in [0.4, 0.5) is 6.01 Å². The highest BCUT2D eigenvalue weighted by atomic mass is 35.5. The summed E-state index contributed by atoms with van der Waals surface area (Å²) in [5.74, 6) is 0.607. The molecular weight excluding hydrogens is 352 g/mol. The number of thioether (sulfide) groups is 1. The molecule has 1 aliphatic rings. The van der Waals surface area contributed by atoms with Crippen LogP contribution in [0.2, 0.25) is 5.02 Å². The molecule has 3 aromatic rings. The van der Waals surface area contributed by atoms with E-state index in [1.165, 1.54) is 16.7 Å². The number of rotatable bonds is 4. The summed E-state index contributed by atoms with van der Waals surface area (Å²) in [4.78, 5) is 13.8. The maximum absolute atomic E-state index is 12.3. The van der Waals surface area contributed by atoms with Crippen molar-refractivity contribution < 1.29 is 9.21 Å². The number of carbonyl (C=O) groups is 1. The van der Waals surface area contributed by atoms with Crippen LogP contribution >= 0.6 is 23.4 Å². The minimum absolute atomic E-state index is 0.0931. The average Bonchev–Trinajstić information content (AvgIpc) is 3.30. The number of halogens is 1. The van der Waals surface area contributed by atoms with Crippen molar-refractivity contribution in [2.45, 2.75) is 11.9 Å². The number of aromatic nitrogens is 5. The summed E-state index contributed by atoms with van der Waals surface area (Å²) in [6.45, 7) is 0.339. The molecule has 0 N–H and O–H groups in total. The average molecular weight is 363 g/mol. The van der Waals surface area contributed by atoms with Gasteiger partial charge in [-0.15, -0.1) is 27.1 Å². The monoisotopic (exact) mass is 362 g/mol. The third kappa shape index (κ3) is 2.76. The molecular formula is C14H11ClN6O2S. The Kier molecular flexibility index (Phi) is 3.95. The van der Waals surface area contributed by atoms with Gasteiger partial charge in [0.05, 0.1) is 5.75 Å². The van der Waals surface area contributed by atoms with Crippen LogP contribution in [-0.4, -0.2) is 36.6 Å². The Hall–Kier alpha value is -2.39. The van der Waals surface area contributed by atoms with Gasteiger partial charge in [0.25, 0.3) is 0 Å². The lowest BCUT2D eigenvalue weighted by atomic mass is 10.2. The van der Waals surface area contributed by atoms with Crippen molar-refractivity contribution in [2.75, 3.05) is 10.7 Å². The van der Waals surface area contributed by atoms with E-state index in [9.17, 15) is 4.79 Å². The molecule has 3 heterocycles. The SMILES string of the molecule is O=C1CSC(c2ccccc2Cl)N1c1nnc(Cn2cnnc2)o1. The number of benzene rings is 1. The van der Waals surface area contributed by atoms with Crippen molar-refractivity contribution in [1.82, 2.24) is 25.0 Å². The number of hydrogen-bond donors (Lipinski definition) is 0. The van der Waals surface area contributed by atoms with E-state index in [4.69, 9.17) is 16.0 Å². The van der Waals surface area contributed by atoms with Crippen molar-refractivity contribution in [3.63, 3.8) is 0 Å². The molecule has 1 atom stereocenters. The number of nitrogens with zero attached hydrogens (tertiary/aromatic N) is 6. The second-order valence-corrected chi connectivity index (χ2v) is 6.54. The zero-order chi connectivity index (χ0) is 16.5. The minimum Gasteiger partial charge on any atom is -0.406 e. The smallest absolute Gasteiger partial charge is 0.326 e. The third-order valence-electron chi connectivity index (χ3n) is 3.49. The topological polar surface area (TPSA) is 89.9 Å². The first kappa shape index (κ1) is 15.2. The molecule has 122 valence electrons. The summed E-state index contributed by atoms with van der Waals surface area (Å²) in [5.41, 5.74) is 0.841. The molecule has 1 aliphatic heterocycles. The first-order chi connectivity index (χ1) is 11.7. The molecule has 0 radical (unpaired) electrons. The van der Waals surface area contributed by atoms with E-state index in [1.807, 2.05) is 18.2 Å². The van der Waals surface area contributed by atoms with Crippen LogP contribution in [0.1, 0.15) is 16.8 Å². The summed E-state index contributed by atoms with van der Waals surface area (Å²) >= 11 is 7.74. The molecule has 4 rings (SSSR count). The summed E-state index contributed by atoms with van der Waals surface area (Å²) in [7, 11) is 0. The molecule has 0 saturated carbocycles. The number of hydrogen-bond acceptors (Lipinski definition) is 7. The van der Waals surface area contributed by atoms with Crippen molar-refractivity contribution in [3.05, 3.63) is 53.4 Å². The van der Waals surface area contributed by atoms with E-state index < -0.39 is 0 Å². The molecule has 1 fully saturated rings. The largest absolute Gasteiger partial charge is 0.406 e. The Labute approximate surface area is 145 Å². The maximum Gasteiger partial charge on any atom is 0.326 e. The van der Waals surface area contributed by atoms with Crippen molar-refractivity contribution in [3.8, 4) is 0 Å². The lowest BCUT2D eigenvalue weighted by molar-refractivity contribution is -0.116. The Morgan fingerprint density at radius 2 is 2.04 bits per heavy atom. The Morgan fingerprint density at radius 3 is 2.83 bits per heavy atom. The number of carbonyl (C=O) groups excluding carboxylic acids is 1. The van der Waals surface area contributed by atoms with E-state index in [1.54, 1.807) is 23.3 Å². The Balaban J connectivity index is 1.63. The van der Waals surface area contributed by atoms with Crippen LogP contribution in [0.25, 0.3) is 0 Å². The second-order valence-electron chi connectivity index (χ2n) is 5.06. The van der Waals surface area contributed by atoms with Gasteiger partial charge >= 0.3 is 6.01 Å². The first-order valence-electron chi connectivity index (χ1n) is 7.05. The van der Waals surface area contributed by atoms with E-state index in [2.05, 4.69) is 20.4 Å². The second kappa shape index (κ2) is 6.25. The van der Waals surface area contributed by atoms with Crippen LogP contribution in [0.5, 0.6) is 0 Å². The van der Waals surface area contributed by atoms with E-state index in [0.29, 0.717) is 23.2 Å². The Morgan fingerprint density at radius 1 is 1.25 bits per heavy atom. The first-order valence-corrected chi connectivity index (χ1v) is 8.48. The highest BCUT2D eigenvalue weighted by Crippen LogP contribution is 2.43. The fourth-order valence-corrected chi connectivity index (χ4v) is 3.89. The summed E-state index contributed by atoms with van der Waals surface area (Å²) in [6, 6.07) is 7.58. The van der Waals surface area contributed by atoms with Crippen LogP contribution in [0.3, 0.4) is 0 Å². The fourth-order valence-electron chi connectivity index (χ4n) is 2.40. The molecule has 2 aromatic heterocycles. The van der Waals surface area contributed by atoms with Gasteiger partial charge in [-0.3, -0.25) is 4.79 Å². The summed E-state index contributed by atoms with van der Waals surface area (Å²) in [5, 5.41) is 15.8. The molecule has 1 amide bonds. The highest BCUT2D eigenvalue weighted by Gasteiger charge is 2.38. The summed E-state index contributed by atoms with van der Waals surface area (Å²) < 4.78 is 7.35. The van der Waals surface area contributed by atoms with Gasteiger partial charge in [0, 0.05) is 10.6 Å². The quantitative estimate of drug-likeness (QED) is 0.702. The summed E-state index contributed by atoms with van der Waals surface area (Å²) in [6.07, 6.45) is 3.10. The lowest BCUT2D eigenvalue weighted by Gasteiger charge is -2.20. The Bertz CT molecular complexity index is 868. The number of anilines is 1. The highest BCUT2D eigenvalue weighted by molar-refractivity contribution is 8.00. The molecule has 0 bridgehead atoms. The molecule has 1 aromatic carbocycles. The van der Waals surface area contributed by atoms with Crippen LogP contribution < -0.4 is 4.90 Å². The predicted octanol–water partition coefficient (Wildman–Crippen LogP) is 2.14. The van der Waals surface area contributed by atoms with Crippen LogP contribution in [-0.2, 0) is 11.3 Å². The predicted molar refractivity (Wildman–Crippen MR) is 87.6 cm³/mol. The minimum atomic E-state index is -0.283. The van der Waals surface area contributed by atoms with E-state index in [-0.39, 0.29) is 17.3 Å². The van der Waals surface area contributed by atoms with Crippen molar-refractivity contribution in [2.24, 2.45) is 0 Å². The normalized spacial score (nSPS) is 17.6. The van der Waals surface area contributed by atoms with Gasteiger partial charge in [-0.05, 0) is 6.07 Å². The zero-order valence-corrected chi connectivity index (χ0v) is 13.8. The molecule has 1 saturated heterocycles. The van der Waals surface area contributed by atoms with Gasteiger partial charge in [-0.25, -0.2) is 4.90 Å².